The van der Waals surface area contributed by atoms with Gasteiger partial charge >= 0.3 is 11.9 Å². The Morgan fingerprint density at radius 1 is 0.893 bits per heavy atom. The van der Waals surface area contributed by atoms with E-state index in [1.807, 2.05) is 26.0 Å². The molecule has 0 N–H and O–H groups in total. The predicted molar refractivity (Wildman–Crippen MR) is 102 cm³/mol. The van der Waals surface area contributed by atoms with Crippen LogP contribution in [0.5, 0.6) is 0 Å². The Balaban J connectivity index is 1.70. The third-order valence-corrected chi connectivity index (χ3v) is 4.51. The third kappa shape index (κ3) is 4.97. The average Bonchev–Trinajstić information content (AvgIpc) is 2.72. The highest BCUT2D eigenvalue weighted by molar-refractivity contribution is 5.90. The average molecular weight is 384 g/mol. The van der Waals surface area contributed by atoms with Gasteiger partial charge in [0.2, 0.25) is 0 Å². The normalized spacial score (nSPS) is 24.4. The van der Waals surface area contributed by atoms with Gasteiger partial charge in [-0.15, -0.1) is 0 Å². The first-order chi connectivity index (χ1) is 13.6. The number of rotatable bonds is 6. The summed E-state index contributed by atoms with van der Waals surface area (Å²) in [5, 5.41) is 0. The fraction of sp³-hybridized carbons (Fsp3) is 0.364. The van der Waals surface area contributed by atoms with Crippen molar-refractivity contribution in [2.45, 2.75) is 44.9 Å². The fourth-order valence-electron chi connectivity index (χ4n) is 3.04. The number of carbonyl (C=O) groups excluding carboxylic acids is 2. The molecule has 2 aromatic rings. The summed E-state index contributed by atoms with van der Waals surface area (Å²) in [6, 6.07) is 17.5. The highest BCUT2D eigenvalue weighted by Crippen LogP contribution is 2.27. The molecule has 1 heterocycles. The maximum absolute atomic E-state index is 12.5. The smallest absolute Gasteiger partial charge is 0.338 e. The minimum Gasteiger partial charge on any atom is -0.456 e. The van der Waals surface area contributed by atoms with Gasteiger partial charge in [-0.3, -0.25) is 0 Å². The number of esters is 2. The van der Waals surface area contributed by atoms with Gasteiger partial charge in [-0.1, -0.05) is 36.4 Å². The summed E-state index contributed by atoms with van der Waals surface area (Å²) < 4.78 is 22.7. The van der Waals surface area contributed by atoms with Crippen molar-refractivity contribution in [2.24, 2.45) is 0 Å². The number of benzene rings is 2. The minimum absolute atomic E-state index is 0.295. The number of hydrogen-bond acceptors (Lipinski definition) is 6. The molecule has 1 aliphatic heterocycles. The van der Waals surface area contributed by atoms with Crippen LogP contribution in [0.1, 0.15) is 41.0 Å². The molecule has 3 rings (SSSR count). The van der Waals surface area contributed by atoms with Gasteiger partial charge in [0.1, 0.15) is 6.10 Å². The van der Waals surface area contributed by atoms with E-state index in [-0.39, 0.29) is 0 Å². The summed E-state index contributed by atoms with van der Waals surface area (Å²) >= 11 is 0. The summed E-state index contributed by atoms with van der Waals surface area (Å²) in [4.78, 5) is 24.9. The fourth-order valence-corrected chi connectivity index (χ4v) is 3.04. The van der Waals surface area contributed by atoms with Crippen LogP contribution in [0, 0.1) is 0 Å². The molecule has 148 valence electrons. The van der Waals surface area contributed by atoms with Crippen LogP contribution >= 0.6 is 0 Å². The molecule has 1 fully saturated rings. The van der Waals surface area contributed by atoms with Crippen molar-refractivity contribution in [1.82, 2.24) is 0 Å². The van der Waals surface area contributed by atoms with E-state index in [9.17, 15) is 9.59 Å². The van der Waals surface area contributed by atoms with Crippen LogP contribution in [0.3, 0.4) is 0 Å². The van der Waals surface area contributed by atoms with Gasteiger partial charge in [0, 0.05) is 13.0 Å². The van der Waals surface area contributed by atoms with Crippen molar-refractivity contribution < 1.29 is 28.5 Å². The van der Waals surface area contributed by atoms with Crippen LogP contribution in [-0.4, -0.2) is 43.1 Å². The topological polar surface area (TPSA) is 71.1 Å². The molecule has 0 aromatic heterocycles. The van der Waals surface area contributed by atoms with Crippen molar-refractivity contribution in [1.29, 1.82) is 0 Å². The standard InChI is InChI=1S/C22H24O6/c1-3-25-22-19(28-21(24)17-12-8-5-9-13-17)14-18(15(2)26-22)27-20(23)16-10-6-4-7-11-16/h4-13,15,18-19,22H,3,14H2,1-2H3/t15?,18-,19+,22-/m1/s1. The van der Waals surface area contributed by atoms with Crippen LogP contribution in [0.4, 0.5) is 0 Å². The van der Waals surface area contributed by atoms with Gasteiger partial charge < -0.3 is 18.9 Å². The van der Waals surface area contributed by atoms with Crippen molar-refractivity contribution in [3.8, 4) is 0 Å². The Morgan fingerprint density at radius 2 is 1.39 bits per heavy atom. The van der Waals surface area contributed by atoms with Crippen LogP contribution in [0.15, 0.2) is 60.7 Å². The van der Waals surface area contributed by atoms with E-state index >= 15 is 0 Å². The maximum atomic E-state index is 12.5. The summed E-state index contributed by atoms with van der Waals surface area (Å²) in [6.45, 7) is 4.06. The van der Waals surface area contributed by atoms with E-state index in [0.717, 1.165) is 0 Å². The van der Waals surface area contributed by atoms with Gasteiger partial charge in [0.15, 0.2) is 12.4 Å². The maximum Gasteiger partial charge on any atom is 0.338 e. The third-order valence-electron chi connectivity index (χ3n) is 4.51. The van der Waals surface area contributed by atoms with Crippen LogP contribution in [0.25, 0.3) is 0 Å². The molecule has 1 saturated heterocycles. The first-order valence-corrected chi connectivity index (χ1v) is 9.37. The molecule has 0 aliphatic carbocycles. The van der Waals surface area contributed by atoms with Crippen LogP contribution in [0.2, 0.25) is 0 Å². The largest absolute Gasteiger partial charge is 0.456 e. The van der Waals surface area contributed by atoms with E-state index in [4.69, 9.17) is 18.9 Å². The Labute approximate surface area is 164 Å². The highest BCUT2D eigenvalue weighted by Gasteiger charge is 2.41. The lowest BCUT2D eigenvalue weighted by Gasteiger charge is -2.38. The molecule has 0 bridgehead atoms. The molecule has 0 spiro atoms. The van der Waals surface area contributed by atoms with Crippen molar-refractivity contribution in [3.63, 3.8) is 0 Å². The molecule has 0 amide bonds. The van der Waals surface area contributed by atoms with Gasteiger partial charge in [-0.2, -0.15) is 0 Å². The van der Waals surface area contributed by atoms with E-state index in [1.54, 1.807) is 48.5 Å². The second kappa shape index (κ2) is 9.48. The Hall–Kier alpha value is -2.70. The Bertz CT molecular complexity index is 776. The van der Waals surface area contributed by atoms with Crippen molar-refractivity contribution in [2.75, 3.05) is 6.61 Å². The molecule has 6 nitrogen and oxygen atoms in total. The van der Waals surface area contributed by atoms with Crippen molar-refractivity contribution in [3.05, 3.63) is 71.8 Å². The number of hydrogen-bond donors (Lipinski definition) is 0. The van der Waals surface area contributed by atoms with Gasteiger partial charge in [-0.05, 0) is 38.1 Å². The van der Waals surface area contributed by atoms with Gasteiger partial charge in [0.05, 0.1) is 17.2 Å². The molecule has 0 radical (unpaired) electrons. The first-order valence-electron chi connectivity index (χ1n) is 9.37. The van der Waals surface area contributed by atoms with Crippen LogP contribution in [-0.2, 0) is 18.9 Å². The second-order valence-electron chi connectivity index (χ2n) is 6.52. The lowest BCUT2D eigenvalue weighted by Crippen LogP contribution is -2.50. The molecular weight excluding hydrogens is 360 g/mol. The quantitative estimate of drug-likeness (QED) is 0.709. The summed E-state index contributed by atoms with van der Waals surface area (Å²) in [6.07, 6.45) is -2.05. The van der Waals surface area contributed by atoms with Crippen molar-refractivity contribution >= 4 is 11.9 Å². The molecule has 1 aliphatic rings. The predicted octanol–water partition coefficient (Wildman–Crippen LogP) is 3.61. The van der Waals surface area contributed by atoms with E-state index in [2.05, 4.69) is 0 Å². The van der Waals surface area contributed by atoms with Gasteiger partial charge in [0.25, 0.3) is 0 Å². The molecule has 4 atom stereocenters. The molecule has 28 heavy (non-hydrogen) atoms. The highest BCUT2D eigenvalue weighted by atomic mass is 16.7. The Kier molecular flexibility index (Phi) is 6.79. The van der Waals surface area contributed by atoms with E-state index in [1.165, 1.54) is 0 Å². The molecule has 6 heteroatoms. The van der Waals surface area contributed by atoms with E-state index < -0.39 is 36.5 Å². The van der Waals surface area contributed by atoms with E-state index in [0.29, 0.717) is 24.2 Å². The van der Waals surface area contributed by atoms with Gasteiger partial charge in [-0.25, -0.2) is 9.59 Å². The summed E-state index contributed by atoms with van der Waals surface area (Å²) in [7, 11) is 0. The zero-order valence-electron chi connectivity index (χ0n) is 15.9. The minimum atomic E-state index is -0.709. The lowest BCUT2D eigenvalue weighted by atomic mass is 10.0. The molecule has 1 unspecified atom stereocenters. The molecular formula is C22H24O6. The first kappa shape index (κ1) is 20.0. The molecule has 2 aromatic carbocycles. The SMILES string of the molecule is CCO[C@@H]1OC(C)[C@H](OC(=O)c2ccccc2)C[C@@H]1OC(=O)c1ccccc1. The zero-order chi connectivity index (χ0) is 19.9. The number of carbonyl (C=O) groups is 2. The zero-order valence-corrected chi connectivity index (χ0v) is 15.9. The number of ether oxygens (including phenoxy) is 4. The summed E-state index contributed by atoms with van der Waals surface area (Å²) in [5.74, 6) is -0.911. The lowest BCUT2D eigenvalue weighted by molar-refractivity contribution is -0.258. The monoisotopic (exact) mass is 384 g/mol. The molecule has 0 saturated carbocycles. The second-order valence-corrected chi connectivity index (χ2v) is 6.52. The summed E-state index contributed by atoms with van der Waals surface area (Å²) in [5.41, 5.74) is 0.897. The Morgan fingerprint density at radius 3 is 1.89 bits per heavy atom. The van der Waals surface area contributed by atoms with Crippen LogP contribution < -0.4 is 0 Å².